The van der Waals surface area contributed by atoms with Crippen molar-refractivity contribution in [2.75, 3.05) is 6.54 Å². The zero-order valence-electron chi connectivity index (χ0n) is 11.8. The monoisotopic (exact) mass is 237 g/mol. The first-order chi connectivity index (χ1) is 7.82. The van der Waals surface area contributed by atoms with Crippen LogP contribution in [-0.4, -0.2) is 17.9 Å². The highest BCUT2D eigenvalue weighted by Gasteiger charge is 2.44. The molecule has 2 rings (SSSR count). The number of rotatable bonds is 1. The van der Waals surface area contributed by atoms with Crippen LogP contribution in [0.5, 0.6) is 0 Å². The normalized spacial score (nSPS) is 38.6. The van der Waals surface area contributed by atoms with Crippen LogP contribution >= 0.6 is 0 Å². The van der Waals surface area contributed by atoms with Crippen LogP contribution in [0.15, 0.2) is 0 Å². The summed E-state index contributed by atoms with van der Waals surface area (Å²) in [5.74, 6) is 1.50. The maximum absolute atomic E-state index is 11.5. The minimum absolute atomic E-state index is 0.279. The van der Waals surface area contributed by atoms with Crippen molar-refractivity contribution in [3.8, 4) is 0 Å². The minimum atomic E-state index is 0.279. The first-order valence-corrected chi connectivity index (χ1v) is 7.08. The summed E-state index contributed by atoms with van der Waals surface area (Å²) < 4.78 is 0. The van der Waals surface area contributed by atoms with Gasteiger partial charge in [0.1, 0.15) is 5.78 Å². The minimum Gasteiger partial charge on any atom is -0.310 e. The average Bonchev–Trinajstić information content (AvgIpc) is 2.62. The van der Waals surface area contributed by atoms with E-state index in [-0.39, 0.29) is 5.92 Å². The predicted molar refractivity (Wildman–Crippen MR) is 70.9 cm³/mol. The second-order valence-corrected chi connectivity index (χ2v) is 7.31. The summed E-state index contributed by atoms with van der Waals surface area (Å²) >= 11 is 0. The van der Waals surface area contributed by atoms with Gasteiger partial charge in [0.2, 0.25) is 0 Å². The summed E-state index contributed by atoms with van der Waals surface area (Å²) in [7, 11) is 0. The van der Waals surface area contributed by atoms with Gasteiger partial charge in [-0.3, -0.25) is 4.79 Å². The van der Waals surface area contributed by atoms with Crippen LogP contribution in [0.3, 0.4) is 0 Å². The third-order valence-corrected chi connectivity index (χ3v) is 5.10. The third kappa shape index (κ3) is 2.73. The number of hydrogen-bond acceptors (Lipinski definition) is 2. The van der Waals surface area contributed by atoms with Gasteiger partial charge in [-0.1, -0.05) is 20.8 Å². The molecule has 17 heavy (non-hydrogen) atoms. The number of Topliss-reactive ketones (excluding diaryl/α,β-unsaturated/α-hetero) is 1. The Hall–Kier alpha value is -0.370. The molecule has 1 saturated carbocycles. The number of carbonyl (C=O) groups is 1. The van der Waals surface area contributed by atoms with Gasteiger partial charge in [-0.15, -0.1) is 0 Å². The summed E-state index contributed by atoms with van der Waals surface area (Å²) in [6, 6.07) is 0. The number of hydrogen-bond donors (Lipinski definition) is 1. The average molecular weight is 237 g/mol. The maximum Gasteiger partial charge on any atom is 0.134 e. The summed E-state index contributed by atoms with van der Waals surface area (Å²) in [6.45, 7) is 9.73. The lowest BCUT2D eigenvalue weighted by Gasteiger charge is -2.42. The van der Waals surface area contributed by atoms with E-state index in [0.29, 0.717) is 16.7 Å². The lowest BCUT2D eigenvalue weighted by Crippen LogP contribution is -2.44. The molecule has 0 radical (unpaired) electrons. The van der Waals surface area contributed by atoms with Crippen molar-refractivity contribution in [3.05, 3.63) is 0 Å². The molecule has 0 bridgehead atoms. The van der Waals surface area contributed by atoms with E-state index >= 15 is 0 Å². The Morgan fingerprint density at radius 1 is 1.24 bits per heavy atom. The van der Waals surface area contributed by atoms with E-state index in [9.17, 15) is 4.79 Å². The molecular formula is C15H27NO. The molecule has 2 aliphatic rings. The largest absolute Gasteiger partial charge is 0.310 e. The summed E-state index contributed by atoms with van der Waals surface area (Å²) in [5.41, 5.74) is 0.748. The lowest BCUT2D eigenvalue weighted by molar-refractivity contribution is -0.120. The second kappa shape index (κ2) is 4.38. The highest BCUT2D eigenvalue weighted by Crippen LogP contribution is 2.45. The molecule has 1 spiro atoms. The topological polar surface area (TPSA) is 29.1 Å². The fraction of sp³-hybridized carbons (Fsp3) is 0.933. The Morgan fingerprint density at radius 3 is 2.24 bits per heavy atom. The van der Waals surface area contributed by atoms with Crippen molar-refractivity contribution in [2.45, 2.75) is 65.3 Å². The van der Waals surface area contributed by atoms with Gasteiger partial charge in [-0.25, -0.2) is 0 Å². The SMILES string of the molecule is CC(=O)C1CNC2(CCC(C(C)(C)C)CC2)C1. The van der Waals surface area contributed by atoms with Crippen LogP contribution < -0.4 is 5.32 Å². The van der Waals surface area contributed by atoms with Crippen LogP contribution in [0.4, 0.5) is 0 Å². The first kappa shape index (κ1) is 13.1. The molecule has 2 fully saturated rings. The van der Waals surface area contributed by atoms with Crippen LogP contribution in [0.2, 0.25) is 0 Å². The predicted octanol–water partition coefficient (Wildman–Crippen LogP) is 3.16. The molecule has 98 valence electrons. The van der Waals surface area contributed by atoms with Gasteiger partial charge in [0.05, 0.1) is 0 Å². The Balaban J connectivity index is 1.93. The molecule has 1 unspecified atom stereocenters. The summed E-state index contributed by atoms with van der Waals surface area (Å²) in [5, 5.41) is 3.65. The van der Waals surface area contributed by atoms with Crippen LogP contribution in [0, 0.1) is 17.3 Å². The summed E-state index contributed by atoms with van der Waals surface area (Å²) in [6.07, 6.45) is 6.25. The Kier molecular flexibility index (Phi) is 3.37. The third-order valence-electron chi connectivity index (χ3n) is 5.10. The van der Waals surface area contributed by atoms with E-state index in [1.807, 2.05) is 0 Å². The molecule has 2 heteroatoms. The van der Waals surface area contributed by atoms with Gasteiger partial charge in [0.25, 0.3) is 0 Å². The van der Waals surface area contributed by atoms with E-state index in [0.717, 1.165) is 18.9 Å². The highest BCUT2D eigenvalue weighted by atomic mass is 16.1. The highest BCUT2D eigenvalue weighted by molar-refractivity contribution is 5.79. The number of carbonyl (C=O) groups excluding carboxylic acids is 1. The van der Waals surface area contributed by atoms with Crippen molar-refractivity contribution in [2.24, 2.45) is 17.3 Å². The molecule has 0 amide bonds. The molecular weight excluding hydrogens is 210 g/mol. The van der Waals surface area contributed by atoms with Crippen molar-refractivity contribution in [1.82, 2.24) is 5.32 Å². The molecule has 0 aromatic carbocycles. The molecule has 1 aliphatic heterocycles. The van der Waals surface area contributed by atoms with Gasteiger partial charge in [0, 0.05) is 18.0 Å². The van der Waals surface area contributed by atoms with Crippen molar-refractivity contribution < 1.29 is 4.79 Å². The molecule has 1 atom stereocenters. The van der Waals surface area contributed by atoms with Gasteiger partial charge in [0.15, 0.2) is 0 Å². The van der Waals surface area contributed by atoms with Crippen molar-refractivity contribution in [3.63, 3.8) is 0 Å². The van der Waals surface area contributed by atoms with E-state index < -0.39 is 0 Å². The first-order valence-electron chi connectivity index (χ1n) is 7.08. The molecule has 1 aliphatic carbocycles. The van der Waals surface area contributed by atoms with E-state index in [2.05, 4.69) is 26.1 Å². The van der Waals surface area contributed by atoms with Crippen molar-refractivity contribution in [1.29, 1.82) is 0 Å². The quantitative estimate of drug-likeness (QED) is 0.759. The fourth-order valence-electron chi connectivity index (χ4n) is 3.66. The molecule has 0 aromatic rings. The molecule has 2 nitrogen and oxygen atoms in total. The lowest BCUT2D eigenvalue weighted by atomic mass is 9.66. The molecule has 1 heterocycles. The Labute approximate surface area is 106 Å². The summed E-state index contributed by atoms with van der Waals surface area (Å²) in [4.78, 5) is 11.5. The number of ketones is 1. The van der Waals surface area contributed by atoms with Gasteiger partial charge in [-0.2, -0.15) is 0 Å². The zero-order valence-corrected chi connectivity index (χ0v) is 11.8. The van der Waals surface area contributed by atoms with E-state index in [1.54, 1.807) is 6.92 Å². The van der Waals surface area contributed by atoms with E-state index in [1.165, 1.54) is 25.7 Å². The number of nitrogens with one attached hydrogen (secondary N) is 1. The zero-order chi connectivity index (χ0) is 12.7. The Bertz CT molecular complexity index is 295. The van der Waals surface area contributed by atoms with E-state index in [4.69, 9.17) is 0 Å². The smallest absolute Gasteiger partial charge is 0.134 e. The van der Waals surface area contributed by atoms with Crippen LogP contribution in [0.25, 0.3) is 0 Å². The second-order valence-electron chi connectivity index (χ2n) is 7.31. The molecule has 1 N–H and O–H groups in total. The molecule has 0 aromatic heterocycles. The van der Waals surface area contributed by atoms with Gasteiger partial charge in [-0.05, 0) is 50.4 Å². The van der Waals surface area contributed by atoms with Crippen LogP contribution in [0.1, 0.15) is 59.8 Å². The fourth-order valence-corrected chi connectivity index (χ4v) is 3.66. The Morgan fingerprint density at radius 2 is 1.82 bits per heavy atom. The van der Waals surface area contributed by atoms with Gasteiger partial charge >= 0.3 is 0 Å². The molecule has 1 saturated heterocycles. The van der Waals surface area contributed by atoms with Crippen LogP contribution in [-0.2, 0) is 4.79 Å². The van der Waals surface area contributed by atoms with Crippen molar-refractivity contribution >= 4 is 5.78 Å². The standard InChI is InChI=1S/C15H27NO/c1-11(17)12-9-15(16-10-12)7-5-13(6-8-15)14(2,3)4/h12-13,16H,5-10H2,1-4H3. The van der Waals surface area contributed by atoms with Gasteiger partial charge < -0.3 is 5.32 Å². The maximum atomic E-state index is 11.5.